The number of carbonyl (C=O) groups excluding carboxylic acids is 2. The average molecular weight is 611 g/mol. The summed E-state index contributed by atoms with van der Waals surface area (Å²) in [6.45, 7) is 0.759. The van der Waals surface area contributed by atoms with E-state index in [2.05, 4.69) is 10.6 Å². The Bertz CT molecular complexity index is 1670. The molecule has 10 nitrogen and oxygen atoms in total. The number of rotatable bonds is 11. The Labute approximate surface area is 260 Å². The lowest BCUT2D eigenvalue weighted by Gasteiger charge is -2.33. The normalized spacial score (nSPS) is 15.4. The monoisotopic (exact) mass is 610 g/mol. The molecule has 1 aliphatic heterocycles. The molecule has 0 aromatic heterocycles. The zero-order valence-corrected chi connectivity index (χ0v) is 24.6. The van der Waals surface area contributed by atoms with Gasteiger partial charge in [0.1, 0.15) is 11.5 Å². The first kappa shape index (κ1) is 30.8. The highest BCUT2D eigenvalue weighted by Gasteiger charge is 2.38. The predicted octanol–water partition coefficient (Wildman–Crippen LogP) is 4.42. The Balaban J connectivity index is 1.28. The predicted molar refractivity (Wildman–Crippen MR) is 168 cm³/mol. The SMILES string of the molecule is COc1cc([C@H]2Oc3ccc(/C=C\C(=O)NCCc4ccc(O)cc4)cc3O[C@@H]2C(=O)NCCc2ccc(O)cc2)ccc1O. The van der Waals surface area contributed by atoms with Crippen LogP contribution in [0.2, 0.25) is 0 Å². The molecule has 232 valence electrons. The fraction of sp³-hybridized carbons (Fsp3) is 0.200. The summed E-state index contributed by atoms with van der Waals surface area (Å²) < 4.78 is 17.8. The molecule has 0 unspecified atom stereocenters. The van der Waals surface area contributed by atoms with E-state index in [0.717, 1.165) is 11.1 Å². The molecule has 0 saturated heterocycles. The van der Waals surface area contributed by atoms with Crippen LogP contribution >= 0.6 is 0 Å². The number of amides is 2. The Hall–Kier alpha value is -5.64. The van der Waals surface area contributed by atoms with Crippen LogP contribution in [0, 0.1) is 0 Å². The Kier molecular flexibility index (Phi) is 9.74. The lowest BCUT2D eigenvalue weighted by atomic mass is 10.0. The molecule has 5 rings (SSSR count). The van der Waals surface area contributed by atoms with Gasteiger partial charge in [0.2, 0.25) is 12.0 Å². The van der Waals surface area contributed by atoms with Gasteiger partial charge in [0, 0.05) is 24.7 Å². The number of nitrogens with one attached hydrogen (secondary N) is 2. The summed E-state index contributed by atoms with van der Waals surface area (Å²) in [5.41, 5.74) is 3.18. The second kappa shape index (κ2) is 14.2. The fourth-order valence-electron chi connectivity index (χ4n) is 4.84. The van der Waals surface area contributed by atoms with E-state index in [-0.39, 0.29) is 28.9 Å². The number of ether oxygens (including phenoxy) is 3. The van der Waals surface area contributed by atoms with Crippen LogP contribution in [0.15, 0.2) is 91.0 Å². The summed E-state index contributed by atoms with van der Waals surface area (Å²) in [7, 11) is 1.44. The number of carbonyl (C=O) groups is 2. The van der Waals surface area contributed by atoms with Crippen LogP contribution in [-0.2, 0) is 22.4 Å². The second-order valence-electron chi connectivity index (χ2n) is 10.5. The maximum Gasteiger partial charge on any atom is 0.265 e. The molecule has 45 heavy (non-hydrogen) atoms. The van der Waals surface area contributed by atoms with Crippen LogP contribution in [-0.4, -0.2) is 53.4 Å². The van der Waals surface area contributed by atoms with Gasteiger partial charge in [-0.2, -0.15) is 0 Å². The first-order chi connectivity index (χ1) is 21.8. The summed E-state index contributed by atoms with van der Waals surface area (Å²) in [5, 5.41) is 34.8. The minimum atomic E-state index is -1.08. The number of benzene rings is 4. The molecule has 0 bridgehead atoms. The van der Waals surface area contributed by atoms with Gasteiger partial charge in [0.25, 0.3) is 5.91 Å². The molecule has 2 atom stereocenters. The van der Waals surface area contributed by atoms with Crippen LogP contribution in [0.4, 0.5) is 0 Å². The molecule has 2 amide bonds. The molecule has 0 aliphatic carbocycles. The number of hydrogen-bond donors (Lipinski definition) is 5. The standard InChI is InChI=1S/C35H34N2O8/c1-43-30-21-25(8-13-28(30)40)33-34(35(42)37-19-17-23-4-11-27(39)12-5-23)45-31-20-24(6-14-29(31)44-33)7-15-32(41)36-18-16-22-2-9-26(38)10-3-22/h2-15,20-21,33-34,38-40H,16-19H2,1H3,(H,36,41)(H,37,42)/b15-7-/t33-,34+/m1/s1. The quantitative estimate of drug-likeness (QED) is 0.157. The Morgan fingerprint density at radius 3 is 2.07 bits per heavy atom. The van der Waals surface area contributed by atoms with Crippen LogP contribution in [0.5, 0.6) is 34.5 Å². The summed E-state index contributed by atoms with van der Waals surface area (Å²) in [6, 6.07) is 23.5. The number of phenols is 3. The summed E-state index contributed by atoms with van der Waals surface area (Å²) >= 11 is 0. The Morgan fingerprint density at radius 1 is 0.778 bits per heavy atom. The van der Waals surface area contributed by atoms with Crippen LogP contribution < -0.4 is 24.8 Å². The van der Waals surface area contributed by atoms with Crippen molar-refractivity contribution in [2.45, 2.75) is 25.0 Å². The van der Waals surface area contributed by atoms with Crippen molar-refractivity contribution >= 4 is 17.9 Å². The number of phenolic OH excluding ortho intramolecular Hbond substituents is 3. The second-order valence-corrected chi connectivity index (χ2v) is 10.5. The van der Waals surface area contributed by atoms with Crippen molar-refractivity contribution < 1.29 is 39.1 Å². The van der Waals surface area contributed by atoms with E-state index >= 15 is 0 Å². The van der Waals surface area contributed by atoms with E-state index in [4.69, 9.17) is 14.2 Å². The molecule has 10 heteroatoms. The minimum Gasteiger partial charge on any atom is -0.508 e. The van der Waals surface area contributed by atoms with Crippen molar-refractivity contribution in [2.75, 3.05) is 20.2 Å². The molecule has 0 saturated carbocycles. The number of aromatic hydroxyl groups is 3. The summed E-state index contributed by atoms with van der Waals surface area (Å²) in [5.74, 6) is 0.632. The Morgan fingerprint density at radius 2 is 1.42 bits per heavy atom. The fourth-order valence-corrected chi connectivity index (χ4v) is 4.84. The van der Waals surface area contributed by atoms with Gasteiger partial charge in [0.15, 0.2) is 29.1 Å². The molecule has 1 heterocycles. The molecule has 0 spiro atoms. The highest BCUT2D eigenvalue weighted by Crippen LogP contribution is 2.42. The van der Waals surface area contributed by atoms with Crippen molar-refractivity contribution in [3.05, 3.63) is 113 Å². The largest absolute Gasteiger partial charge is 0.508 e. The van der Waals surface area contributed by atoms with Crippen molar-refractivity contribution in [1.82, 2.24) is 10.6 Å². The first-order valence-corrected chi connectivity index (χ1v) is 14.4. The molecular weight excluding hydrogens is 576 g/mol. The lowest BCUT2D eigenvalue weighted by molar-refractivity contribution is -0.134. The van der Waals surface area contributed by atoms with Crippen LogP contribution in [0.25, 0.3) is 6.08 Å². The molecule has 4 aromatic rings. The third kappa shape index (κ3) is 8.05. The average Bonchev–Trinajstić information content (AvgIpc) is 3.05. The van der Waals surface area contributed by atoms with Gasteiger partial charge in [0.05, 0.1) is 7.11 Å². The van der Waals surface area contributed by atoms with Crippen LogP contribution in [0.3, 0.4) is 0 Å². The van der Waals surface area contributed by atoms with E-state index in [9.17, 15) is 24.9 Å². The van der Waals surface area contributed by atoms with E-state index in [1.165, 1.54) is 19.3 Å². The molecule has 0 fully saturated rings. The third-order valence-corrected chi connectivity index (χ3v) is 7.27. The zero-order valence-electron chi connectivity index (χ0n) is 24.6. The maximum atomic E-state index is 13.5. The summed E-state index contributed by atoms with van der Waals surface area (Å²) in [6.07, 6.45) is 2.30. The topological polar surface area (TPSA) is 147 Å². The van der Waals surface area contributed by atoms with Crippen LogP contribution in [0.1, 0.15) is 28.4 Å². The molecule has 4 aromatic carbocycles. The highest BCUT2D eigenvalue weighted by molar-refractivity contribution is 5.91. The number of methoxy groups -OCH3 is 1. The zero-order chi connectivity index (χ0) is 31.8. The van der Waals surface area contributed by atoms with Gasteiger partial charge in [-0.15, -0.1) is 0 Å². The van der Waals surface area contributed by atoms with E-state index in [1.54, 1.807) is 84.9 Å². The van der Waals surface area contributed by atoms with Gasteiger partial charge >= 0.3 is 0 Å². The van der Waals surface area contributed by atoms with Gasteiger partial charge in [-0.1, -0.05) is 36.4 Å². The third-order valence-electron chi connectivity index (χ3n) is 7.27. The highest BCUT2D eigenvalue weighted by atomic mass is 16.6. The molecule has 0 radical (unpaired) electrons. The first-order valence-electron chi connectivity index (χ1n) is 14.4. The lowest BCUT2D eigenvalue weighted by Crippen LogP contribution is -2.46. The molecule has 5 N–H and O–H groups in total. The van der Waals surface area contributed by atoms with Crippen molar-refractivity contribution in [2.24, 2.45) is 0 Å². The van der Waals surface area contributed by atoms with Gasteiger partial charge in [-0.05, 0) is 84.1 Å². The van der Waals surface area contributed by atoms with Gasteiger partial charge in [-0.3, -0.25) is 9.59 Å². The van der Waals surface area contributed by atoms with Crippen molar-refractivity contribution in [1.29, 1.82) is 0 Å². The minimum absolute atomic E-state index is 0.0471. The van der Waals surface area contributed by atoms with E-state index in [1.807, 2.05) is 0 Å². The summed E-state index contributed by atoms with van der Waals surface area (Å²) in [4.78, 5) is 25.9. The number of fused-ring (bicyclic) bond motifs is 1. The molecule has 1 aliphatic rings. The number of hydrogen-bond acceptors (Lipinski definition) is 8. The van der Waals surface area contributed by atoms with Gasteiger partial charge in [-0.25, -0.2) is 0 Å². The van der Waals surface area contributed by atoms with Crippen molar-refractivity contribution in [3.8, 4) is 34.5 Å². The molecular formula is C35H34N2O8. The van der Waals surface area contributed by atoms with E-state index < -0.39 is 18.1 Å². The van der Waals surface area contributed by atoms with E-state index in [0.29, 0.717) is 48.6 Å². The smallest absolute Gasteiger partial charge is 0.265 e. The maximum absolute atomic E-state index is 13.5. The van der Waals surface area contributed by atoms with Crippen molar-refractivity contribution in [3.63, 3.8) is 0 Å². The van der Waals surface area contributed by atoms with Gasteiger partial charge < -0.3 is 40.2 Å².